The molecule has 0 saturated heterocycles. The molecule has 0 saturated carbocycles. The minimum Gasteiger partial charge on any atom is -0.306 e. The SMILES string of the molecule is Cc1ccc(N(Cc2ccccc2)C(=O)Cn2c(=O)cnc3ccccc32)cc1. The molecule has 0 aliphatic heterocycles. The predicted octanol–water partition coefficient (Wildman–Crippen LogP) is 3.94. The summed E-state index contributed by atoms with van der Waals surface area (Å²) in [7, 11) is 0. The van der Waals surface area contributed by atoms with Gasteiger partial charge in [0.25, 0.3) is 5.56 Å². The molecule has 0 bridgehead atoms. The molecule has 4 rings (SSSR count). The molecule has 1 aromatic heterocycles. The molecule has 29 heavy (non-hydrogen) atoms. The zero-order valence-corrected chi connectivity index (χ0v) is 16.2. The molecular formula is C24H21N3O2. The fourth-order valence-corrected chi connectivity index (χ4v) is 3.31. The topological polar surface area (TPSA) is 55.2 Å². The predicted molar refractivity (Wildman–Crippen MR) is 115 cm³/mol. The minimum atomic E-state index is -0.291. The minimum absolute atomic E-state index is 0.0530. The lowest BCUT2D eigenvalue weighted by Gasteiger charge is -2.24. The van der Waals surface area contributed by atoms with Gasteiger partial charge in [-0.2, -0.15) is 0 Å². The van der Waals surface area contributed by atoms with Crippen molar-refractivity contribution in [1.82, 2.24) is 9.55 Å². The summed E-state index contributed by atoms with van der Waals surface area (Å²) >= 11 is 0. The summed E-state index contributed by atoms with van der Waals surface area (Å²) in [5.41, 5.74) is 3.99. The smallest absolute Gasteiger partial charge is 0.269 e. The zero-order valence-electron chi connectivity index (χ0n) is 16.2. The van der Waals surface area contributed by atoms with Crippen molar-refractivity contribution >= 4 is 22.6 Å². The maximum Gasteiger partial charge on any atom is 0.269 e. The number of amides is 1. The Morgan fingerprint density at radius 3 is 2.38 bits per heavy atom. The molecule has 0 radical (unpaired) electrons. The summed E-state index contributed by atoms with van der Waals surface area (Å²) < 4.78 is 1.48. The molecule has 0 fully saturated rings. The Hall–Kier alpha value is -3.73. The first kappa shape index (κ1) is 18.6. The lowest BCUT2D eigenvalue weighted by molar-refractivity contribution is -0.119. The van der Waals surface area contributed by atoms with Gasteiger partial charge in [0.1, 0.15) is 6.54 Å². The van der Waals surface area contributed by atoms with Gasteiger partial charge in [-0.15, -0.1) is 0 Å². The van der Waals surface area contributed by atoms with Gasteiger partial charge in [-0.3, -0.25) is 14.2 Å². The summed E-state index contributed by atoms with van der Waals surface area (Å²) in [6.07, 6.45) is 1.27. The number of hydrogen-bond donors (Lipinski definition) is 0. The van der Waals surface area contributed by atoms with Crippen LogP contribution in [0.15, 0.2) is 89.9 Å². The van der Waals surface area contributed by atoms with Crippen LogP contribution in [0.5, 0.6) is 0 Å². The Balaban J connectivity index is 1.71. The molecule has 0 aliphatic rings. The number of hydrogen-bond acceptors (Lipinski definition) is 3. The Morgan fingerprint density at radius 1 is 0.931 bits per heavy atom. The van der Waals surface area contributed by atoms with Crippen LogP contribution in [0.2, 0.25) is 0 Å². The largest absolute Gasteiger partial charge is 0.306 e. The second-order valence-electron chi connectivity index (χ2n) is 6.97. The molecule has 3 aromatic carbocycles. The fraction of sp³-hybridized carbons (Fsp3) is 0.125. The highest BCUT2D eigenvalue weighted by molar-refractivity contribution is 5.94. The highest BCUT2D eigenvalue weighted by atomic mass is 16.2. The quantitative estimate of drug-likeness (QED) is 0.525. The standard InChI is InChI=1S/C24H21N3O2/c1-18-11-13-20(14-12-18)26(16-19-7-3-2-4-8-19)24(29)17-27-22-10-6-5-9-21(22)25-15-23(27)28/h2-15H,16-17H2,1H3. The normalized spacial score (nSPS) is 10.8. The molecule has 1 amide bonds. The van der Waals surface area contributed by atoms with Gasteiger partial charge in [0, 0.05) is 5.69 Å². The number of aromatic nitrogens is 2. The number of nitrogens with zero attached hydrogens (tertiary/aromatic N) is 3. The van der Waals surface area contributed by atoms with E-state index in [2.05, 4.69) is 4.98 Å². The van der Waals surface area contributed by atoms with Gasteiger partial charge in [-0.05, 0) is 36.8 Å². The van der Waals surface area contributed by atoms with Gasteiger partial charge in [0.15, 0.2) is 0 Å². The van der Waals surface area contributed by atoms with E-state index in [0.717, 1.165) is 16.8 Å². The number of fused-ring (bicyclic) bond motifs is 1. The number of rotatable bonds is 5. The van der Waals surface area contributed by atoms with Crippen molar-refractivity contribution in [3.05, 3.63) is 107 Å². The molecular weight excluding hydrogens is 362 g/mol. The number of para-hydroxylation sites is 2. The van der Waals surface area contributed by atoms with Crippen LogP contribution < -0.4 is 10.5 Å². The second-order valence-corrected chi connectivity index (χ2v) is 6.97. The number of benzene rings is 3. The van der Waals surface area contributed by atoms with E-state index in [4.69, 9.17) is 0 Å². The summed E-state index contributed by atoms with van der Waals surface area (Å²) in [5, 5.41) is 0. The van der Waals surface area contributed by atoms with Gasteiger partial charge < -0.3 is 4.90 Å². The van der Waals surface area contributed by atoms with Crippen molar-refractivity contribution in [2.45, 2.75) is 20.0 Å². The van der Waals surface area contributed by atoms with Crippen molar-refractivity contribution in [1.29, 1.82) is 0 Å². The summed E-state index contributed by atoms with van der Waals surface area (Å²) in [4.78, 5) is 31.7. The highest BCUT2D eigenvalue weighted by Gasteiger charge is 2.18. The lowest BCUT2D eigenvalue weighted by Crippen LogP contribution is -2.36. The Morgan fingerprint density at radius 2 is 1.62 bits per heavy atom. The van der Waals surface area contributed by atoms with E-state index >= 15 is 0 Å². The van der Waals surface area contributed by atoms with Crippen LogP contribution in [0.25, 0.3) is 11.0 Å². The van der Waals surface area contributed by atoms with Gasteiger partial charge in [0.05, 0.1) is 23.8 Å². The third-order valence-electron chi connectivity index (χ3n) is 4.88. The average molecular weight is 383 g/mol. The van der Waals surface area contributed by atoms with Gasteiger partial charge in [0.2, 0.25) is 5.91 Å². The van der Waals surface area contributed by atoms with Gasteiger partial charge in [-0.25, -0.2) is 4.98 Å². The zero-order chi connectivity index (χ0) is 20.2. The van der Waals surface area contributed by atoms with E-state index in [-0.39, 0.29) is 18.0 Å². The molecule has 0 aliphatic carbocycles. The van der Waals surface area contributed by atoms with E-state index < -0.39 is 0 Å². The molecule has 4 aromatic rings. The second kappa shape index (κ2) is 8.10. The number of carbonyl (C=O) groups excluding carboxylic acids is 1. The molecule has 1 heterocycles. The van der Waals surface area contributed by atoms with Gasteiger partial charge in [-0.1, -0.05) is 60.2 Å². The maximum absolute atomic E-state index is 13.3. The number of carbonyl (C=O) groups is 1. The van der Waals surface area contributed by atoms with Crippen LogP contribution in [0.3, 0.4) is 0 Å². The molecule has 0 atom stereocenters. The van der Waals surface area contributed by atoms with Crippen molar-refractivity contribution in [3.63, 3.8) is 0 Å². The summed E-state index contributed by atoms with van der Waals surface area (Å²) in [6, 6.07) is 25.0. The average Bonchev–Trinajstić information content (AvgIpc) is 2.75. The molecule has 5 heteroatoms. The Labute approximate surface area is 168 Å². The van der Waals surface area contributed by atoms with Crippen LogP contribution in [-0.2, 0) is 17.9 Å². The van der Waals surface area contributed by atoms with Crippen molar-refractivity contribution < 1.29 is 4.79 Å². The summed E-state index contributed by atoms with van der Waals surface area (Å²) in [6.45, 7) is 2.39. The first-order valence-electron chi connectivity index (χ1n) is 9.47. The fourth-order valence-electron chi connectivity index (χ4n) is 3.31. The highest BCUT2D eigenvalue weighted by Crippen LogP contribution is 2.19. The van der Waals surface area contributed by atoms with E-state index in [1.807, 2.05) is 85.8 Å². The Bertz CT molecular complexity index is 1200. The number of anilines is 1. The number of aryl methyl sites for hydroxylation is 1. The van der Waals surface area contributed by atoms with E-state index in [0.29, 0.717) is 17.6 Å². The van der Waals surface area contributed by atoms with Crippen molar-refractivity contribution in [2.75, 3.05) is 4.90 Å². The molecule has 5 nitrogen and oxygen atoms in total. The molecule has 0 N–H and O–H groups in total. The summed E-state index contributed by atoms with van der Waals surface area (Å²) in [5.74, 6) is -0.156. The van der Waals surface area contributed by atoms with Gasteiger partial charge >= 0.3 is 0 Å². The van der Waals surface area contributed by atoms with Crippen LogP contribution in [0.1, 0.15) is 11.1 Å². The molecule has 0 spiro atoms. The third-order valence-corrected chi connectivity index (χ3v) is 4.88. The van der Waals surface area contributed by atoms with Crippen LogP contribution >= 0.6 is 0 Å². The molecule has 144 valence electrons. The van der Waals surface area contributed by atoms with E-state index in [1.54, 1.807) is 4.90 Å². The molecule has 0 unspecified atom stereocenters. The van der Waals surface area contributed by atoms with Crippen LogP contribution in [0.4, 0.5) is 5.69 Å². The van der Waals surface area contributed by atoms with Crippen LogP contribution in [0, 0.1) is 6.92 Å². The third kappa shape index (κ3) is 4.09. The first-order valence-corrected chi connectivity index (χ1v) is 9.47. The van der Waals surface area contributed by atoms with E-state index in [9.17, 15) is 9.59 Å². The van der Waals surface area contributed by atoms with Crippen molar-refractivity contribution in [3.8, 4) is 0 Å². The van der Waals surface area contributed by atoms with Crippen LogP contribution in [-0.4, -0.2) is 15.5 Å². The monoisotopic (exact) mass is 383 g/mol. The lowest BCUT2D eigenvalue weighted by atomic mass is 10.1. The van der Waals surface area contributed by atoms with E-state index in [1.165, 1.54) is 10.8 Å². The first-order chi connectivity index (χ1) is 14.1. The Kier molecular flexibility index (Phi) is 5.20. The van der Waals surface area contributed by atoms with Crippen molar-refractivity contribution in [2.24, 2.45) is 0 Å². The maximum atomic E-state index is 13.3.